The molecule has 82 valence electrons. The van der Waals surface area contributed by atoms with Crippen LogP contribution in [0.3, 0.4) is 0 Å². The van der Waals surface area contributed by atoms with Crippen molar-refractivity contribution in [1.29, 1.82) is 0 Å². The Balaban J connectivity index is 1.87. The highest BCUT2D eigenvalue weighted by molar-refractivity contribution is 8.01. The van der Waals surface area contributed by atoms with Gasteiger partial charge in [0.05, 0.1) is 23.3 Å². The quantitative estimate of drug-likeness (QED) is 0.815. The van der Waals surface area contributed by atoms with E-state index in [4.69, 9.17) is 0 Å². The second-order valence-electron chi connectivity index (χ2n) is 3.94. The Morgan fingerprint density at radius 3 is 3.27 bits per heavy atom. The molecule has 1 aromatic heterocycles. The number of imidazole rings is 1. The predicted octanol–water partition coefficient (Wildman–Crippen LogP) is 1.31. The SMILES string of the molecule is CC1(C(=O)NCc2cnc[nH]2)CCCS1. The van der Waals surface area contributed by atoms with Crippen molar-refractivity contribution >= 4 is 17.7 Å². The summed E-state index contributed by atoms with van der Waals surface area (Å²) in [5, 5.41) is 2.94. The fraction of sp³-hybridized carbons (Fsp3) is 0.600. The van der Waals surface area contributed by atoms with Crippen molar-refractivity contribution in [1.82, 2.24) is 15.3 Å². The molecule has 15 heavy (non-hydrogen) atoms. The molecule has 2 heterocycles. The van der Waals surface area contributed by atoms with Gasteiger partial charge in [0.15, 0.2) is 0 Å². The second-order valence-corrected chi connectivity index (χ2v) is 5.54. The first kappa shape index (κ1) is 10.5. The van der Waals surface area contributed by atoms with Crippen molar-refractivity contribution in [3.8, 4) is 0 Å². The fourth-order valence-electron chi connectivity index (χ4n) is 1.70. The van der Waals surface area contributed by atoms with Crippen molar-refractivity contribution in [3.05, 3.63) is 18.2 Å². The van der Waals surface area contributed by atoms with Crippen molar-refractivity contribution < 1.29 is 4.79 Å². The number of hydrogen-bond acceptors (Lipinski definition) is 3. The molecule has 1 unspecified atom stereocenters. The van der Waals surface area contributed by atoms with E-state index in [1.807, 2.05) is 6.92 Å². The van der Waals surface area contributed by atoms with E-state index in [9.17, 15) is 4.79 Å². The van der Waals surface area contributed by atoms with Crippen LogP contribution in [0.1, 0.15) is 25.5 Å². The van der Waals surface area contributed by atoms with Crippen molar-refractivity contribution in [2.45, 2.75) is 31.1 Å². The van der Waals surface area contributed by atoms with E-state index in [1.165, 1.54) is 0 Å². The number of hydrogen-bond donors (Lipinski definition) is 2. The maximum atomic E-state index is 11.9. The zero-order chi connectivity index (χ0) is 10.7. The predicted molar refractivity (Wildman–Crippen MR) is 60.5 cm³/mol. The smallest absolute Gasteiger partial charge is 0.236 e. The zero-order valence-electron chi connectivity index (χ0n) is 8.75. The summed E-state index contributed by atoms with van der Waals surface area (Å²) >= 11 is 1.75. The van der Waals surface area contributed by atoms with Crippen LogP contribution in [-0.4, -0.2) is 26.4 Å². The molecule has 1 fully saturated rings. The first-order valence-corrected chi connectivity index (χ1v) is 6.09. The summed E-state index contributed by atoms with van der Waals surface area (Å²) in [6.07, 6.45) is 5.46. The summed E-state index contributed by atoms with van der Waals surface area (Å²) in [5.74, 6) is 1.23. The third-order valence-corrected chi connectivity index (χ3v) is 4.21. The van der Waals surface area contributed by atoms with Gasteiger partial charge in [-0.3, -0.25) is 4.79 Å². The van der Waals surface area contributed by atoms with Crippen molar-refractivity contribution in [3.63, 3.8) is 0 Å². The van der Waals surface area contributed by atoms with Gasteiger partial charge in [-0.15, -0.1) is 11.8 Å². The highest BCUT2D eigenvalue weighted by Crippen LogP contribution is 2.37. The summed E-state index contributed by atoms with van der Waals surface area (Å²) in [6.45, 7) is 2.56. The Hall–Kier alpha value is -0.970. The minimum absolute atomic E-state index is 0.139. The molecule has 0 bridgehead atoms. The molecule has 0 spiro atoms. The Morgan fingerprint density at radius 1 is 1.80 bits per heavy atom. The molecule has 2 N–H and O–H groups in total. The van der Waals surface area contributed by atoms with E-state index in [1.54, 1.807) is 24.3 Å². The van der Waals surface area contributed by atoms with Crippen molar-refractivity contribution in [2.24, 2.45) is 0 Å². The van der Waals surface area contributed by atoms with Crippen LogP contribution in [-0.2, 0) is 11.3 Å². The number of amides is 1. The molecule has 0 aromatic carbocycles. The van der Waals surface area contributed by atoms with Gasteiger partial charge in [0.2, 0.25) is 5.91 Å². The molecule has 0 radical (unpaired) electrons. The van der Waals surface area contributed by atoms with Gasteiger partial charge in [0, 0.05) is 6.20 Å². The van der Waals surface area contributed by atoms with Crippen LogP contribution in [0.4, 0.5) is 0 Å². The topological polar surface area (TPSA) is 57.8 Å². The minimum atomic E-state index is -0.222. The molecule has 0 aliphatic carbocycles. The molecular weight excluding hydrogens is 210 g/mol. The van der Waals surface area contributed by atoms with Crippen LogP contribution in [0.2, 0.25) is 0 Å². The molecule has 1 aromatic rings. The Labute approximate surface area is 93.2 Å². The van der Waals surface area contributed by atoms with Crippen molar-refractivity contribution in [2.75, 3.05) is 5.75 Å². The van der Waals surface area contributed by atoms with Gasteiger partial charge in [-0.1, -0.05) is 0 Å². The lowest BCUT2D eigenvalue weighted by atomic mass is 10.1. The van der Waals surface area contributed by atoms with Crippen LogP contribution in [0.5, 0.6) is 0 Å². The van der Waals surface area contributed by atoms with E-state index in [0.29, 0.717) is 6.54 Å². The van der Waals surface area contributed by atoms with Gasteiger partial charge < -0.3 is 10.3 Å². The Bertz CT molecular complexity index is 330. The first-order valence-electron chi connectivity index (χ1n) is 5.10. The van der Waals surface area contributed by atoms with Gasteiger partial charge in [-0.25, -0.2) is 4.98 Å². The molecule has 1 amide bonds. The molecular formula is C10H15N3OS. The highest BCUT2D eigenvalue weighted by atomic mass is 32.2. The molecule has 2 rings (SSSR count). The maximum Gasteiger partial charge on any atom is 0.236 e. The van der Waals surface area contributed by atoms with E-state index in [0.717, 1.165) is 24.3 Å². The molecule has 1 aliphatic heterocycles. The van der Waals surface area contributed by atoms with Gasteiger partial charge in [0.1, 0.15) is 0 Å². The lowest BCUT2D eigenvalue weighted by Gasteiger charge is -2.21. The lowest BCUT2D eigenvalue weighted by Crippen LogP contribution is -2.39. The average molecular weight is 225 g/mol. The maximum absolute atomic E-state index is 11.9. The standard InChI is InChI=1S/C10H15N3OS/c1-10(3-2-4-15-10)9(14)12-6-8-5-11-7-13-8/h5,7H,2-4,6H2,1H3,(H,11,13)(H,12,14). The van der Waals surface area contributed by atoms with E-state index < -0.39 is 0 Å². The number of aromatic nitrogens is 2. The van der Waals surface area contributed by atoms with Gasteiger partial charge >= 0.3 is 0 Å². The summed E-state index contributed by atoms with van der Waals surface area (Å²) in [7, 11) is 0. The summed E-state index contributed by atoms with van der Waals surface area (Å²) < 4.78 is -0.222. The fourth-order valence-corrected chi connectivity index (χ4v) is 2.93. The summed E-state index contributed by atoms with van der Waals surface area (Å²) in [6, 6.07) is 0. The van der Waals surface area contributed by atoms with Crippen LogP contribution in [0.15, 0.2) is 12.5 Å². The monoisotopic (exact) mass is 225 g/mol. The van der Waals surface area contributed by atoms with Crippen LogP contribution in [0, 0.1) is 0 Å². The number of thioether (sulfide) groups is 1. The van der Waals surface area contributed by atoms with E-state index in [2.05, 4.69) is 15.3 Å². The number of carbonyl (C=O) groups excluding carboxylic acids is 1. The molecule has 4 nitrogen and oxygen atoms in total. The minimum Gasteiger partial charge on any atom is -0.349 e. The number of nitrogens with zero attached hydrogens (tertiary/aromatic N) is 1. The van der Waals surface area contributed by atoms with Gasteiger partial charge in [0.25, 0.3) is 0 Å². The molecule has 1 saturated heterocycles. The number of carbonyl (C=O) groups is 1. The average Bonchev–Trinajstić information content (AvgIpc) is 2.85. The normalized spacial score (nSPS) is 25.4. The lowest BCUT2D eigenvalue weighted by molar-refractivity contribution is -0.123. The molecule has 0 saturated carbocycles. The Kier molecular flexibility index (Phi) is 3.00. The van der Waals surface area contributed by atoms with Crippen LogP contribution >= 0.6 is 11.8 Å². The third-order valence-electron chi connectivity index (χ3n) is 2.69. The number of aromatic amines is 1. The third kappa shape index (κ3) is 2.34. The number of rotatable bonds is 3. The van der Waals surface area contributed by atoms with Crippen LogP contribution in [0.25, 0.3) is 0 Å². The molecule has 1 atom stereocenters. The molecule has 1 aliphatic rings. The van der Waals surface area contributed by atoms with E-state index in [-0.39, 0.29) is 10.7 Å². The second kappa shape index (κ2) is 4.26. The Morgan fingerprint density at radius 2 is 2.67 bits per heavy atom. The zero-order valence-corrected chi connectivity index (χ0v) is 9.56. The number of nitrogens with one attached hydrogen (secondary N) is 2. The van der Waals surface area contributed by atoms with Gasteiger partial charge in [-0.2, -0.15) is 0 Å². The van der Waals surface area contributed by atoms with Gasteiger partial charge in [-0.05, 0) is 25.5 Å². The highest BCUT2D eigenvalue weighted by Gasteiger charge is 2.36. The molecule has 5 heteroatoms. The summed E-state index contributed by atoms with van der Waals surface area (Å²) in [4.78, 5) is 18.8. The largest absolute Gasteiger partial charge is 0.349 e. The van der Waals surface area contributed by atoms with E-state index >= 15 is 0 Å². The summed E-state index contributed by atoms with van der Waals surface area (Å²) in [5.41, 5.74) is 0.940. The number of H-pyrrole nitrogens is 1. The first-order chi connectivity index (χ1) is 7.21. The van der Waals surface area contributed by atoms with Crippen LogP contribution < -0.4 is 5.32 Å².